The lowest BCUT2D eigenvalue weighted by Crippen LogP contribution is -2.31. The van der Waals surface area contributed by atoms with Crippen LogP contribution in [0.15, 0.2) is 97.1 Å². The van der Waals surface area contributed by atoms with E-state index in [1.165, 1.54) is 33.4 Å². The normalized spacial score (nSPS) is 13.4. The molecule has 0 aliphatic carbocycles. The van der Waals surface area contributed by atoms with Gasteiger partial charge in [0.15, 0.2) is 6.21 Å². The van der Waals surface area contributed by atoms with Crippen molar-refractivity contribution >= 4 is 34.0 Å². The Morgan fingerprint density at radius 2 is 1.38 bits per heavy atom. The maximum absolute atomic E-state index is 2.37. The highest BCUT2D eigenvalue weighted by Crippen LogP contribution is 2.32. The van der Waals surface area contributed by atoms with Gasteiger partial charge in [-0.3, -0.25) is 4.90 Å². The Balaban J connectivity index is 1.64. The van der Waals surface area contributed by atoms with Crippen LogP contribution in [0.5, 0.6) is 0 Å². The minimum absolute atomic E-state index is 0.791. The molecule has 4 aromatic carbocycles. The van der Waals surface area contributed by atoms with Crippen LogP contribution in [0.1, 0.15) is 5.56 Å². The molecule has 0 saturated carbocycles. The molecule has 2 heteroatoms. The van der Waals surface area contributed by atoms with Crippen molar-refractivity contribution in [2.24, 2.45) is 0 Å². The van der Waals surface area contributed by atoms with Crippen molar-refractivity contribution < 1.29 is 4.58 Å². The van der Waals surface area contributed by atoms with Crippen molar-refractivity contribution in [3.8, 4) is 0 Å². The average Bonchev–Trinajstić information content (AvgIpc) is 2.73. The molecular weight excluding hydrogens is 316 g/mol. The predicted octanol–water partition coefficient (Wildman–Crippen LogP) is 5.71. The molecule has 26 heavy (non-hydrogen) atoms. The van der Waals surface area contributed by atoms with Gasteiger partial charge >= 0.3 is 0 Å². The van der Waals surface area contributed by atoms with Crippen LogP contribution in [0.4, 0.5) is 17.1 Å². The molecule has 0 saturated heterocycles. The van der Waals surface area contributed by atoms with Crippen molar-refractivity contribution in [1.29, 1.82) is 0 Å². The zero-order chi connectivity index (χ0) is 17.3. The Bertz CT molecular complexity index is 1110. The third-order valence-electron chi connectivity index (χ3n) is 4.95. The first-order valence-corrected chi connectivity index (χ1v) is 8.90. The third-order valence-corrected chi connectivity index (χ3v) is 4.95. The lowest BCUT2D eigenvalue weighted by Gasteiger charge is -2.27. The van der Waals surface area contributed by atoms with E-state index in [2.05, 4.69) is 113 Å². The fourth-order valence-electron chi connectivity index (χ4n) is 3.62. The Morgan fingerprint density at radius 1 is 0.654 bits per heavy atom. The van der Waals surface area contributed by atoms with E-state index in [0.717, 1.165) is 6.67 Å². The minimum Gasteiger partial charge on any atom is -0.285 e. The number of hydrogen-bond donors (Lipinski definition) is 0. The number of nitrogens with zero attached hydrogens (tertiary/aromatic N) is 2. The van der Waals surface area contributed by atoms with Crippen LogP contribution >= 0.6 is 0 Å². The molecule has 4 aromatic rings. The van der Waals surface area contributed by atoms with E-state index in [4.69, 9.17) is 0 Å². The largest absolute Gasteiger partial charge is 0.285 e. The highest BCUT2D eigenvalue weighted by atomic mass is 15.3. The van der Waals surface area contributed by atoms with Gasteiger partial charge in [0.1, 0.15) is 0 Å². The zero-order valence-electron chi connectivity index (χ0n) is 14.4. The molecule has 0 aromatic heterocycles. The molecule has 0 radical (unpaired) electrons. The van der Waals surface area contributed by atoms with Crippen LogP contribution in [0.25, 0.3) is 10.8 Å². The first-order valence-electron chi connectivity index (χ1n) is 8.90. The second kappa shape index (κ2) is 6.16. The Labute approximate surface area is 153 Å². The molecule has 5 rings (SSSR count). The summed E-state index contributed by atoms with van der Waals surface area (Å²) in [4.78, 5) is 2.37. The van der Waals surface area contributed by atoms with Crippen LogP contribution in [0.2, 0.25) is 0 Å². The predicted molar refractivity (Wildman–Crippen MR) is 109 cm³/mol. The fraction of sp³-hybridized carbons (Fsp3) is 0.0417. The molecule has 0 atom stereocenters. The van der Waals surface area contributed by atoms with Crippen molar-refractivity contribution in [2.75, 3.05) is 11.6 Å². The van der Waals surface area contributed by atoms with Gasteiger partial charge in [-0.05, 0) is 41.1 Å². The monoisotopic (exact) mass is 335 g/mol. The number of fused-ring (bicyclic) bond motifs is 2. The summed E-state index contributed by atoms with van der Waals surface area (Å²) in [7, 11) is 0. The second-order valence-corrected chi connectivity index (χ2v) is 6.59. The second-order valence-electron chi connectivity index (χ2n) is 6.59. The number of rotatable bonds is 2. The van der Waals surface area contributed by atoms with Gasteiger partial charge in [-0.25, -0.2) is 0 Å². The SMILES string of the molecule is C1=[N+](c2ccc3ccccc3c2)CN(c2ccccc2)c2ccccc21. The third kappa shape index (κ3) is 2.56. The number of anilines is 2. The van der Waals surface area contributed by atoms with Crippen LogP contribution in [0, 0.1) is 0 Å². The topological polar surface area (TPSA) is 6.25 Å². The van der Waals surface area contributed by atoms with E-state index in [0.29, 0.717) is 0 Å². The van der Waals surface area contributed by atoms with E-state index < -0.39 is 0 Å². The molecular formula is C24H19N2+. The molecule has 1 heterocycles. The summed E-state index contributed by atoms with van der Waals surface area (Å²) in [6, 6.07) is 34.3. The van der Waals surface area contributed by atoms with Gasteiger partial charge in [-0.15, -0.1) is 0 Å². The van der Waals surface area contributed by atoms with Crippen LogP contribution in [-0.4, -0.2) is 17.5 Å². The summed E-state index contributed by atoms with van der Waals surface area (Å²) in [6.07, 6.45) is 2.25. The molecule has 0 unspecified atom stereocenters. The van der Waals surface area contributed by atoms with Gasteiger partial charge in [0, 0.05) is 17.8 Å². The summed E-state index contributed by atoms with van der Waals surface area (Å²) in [5.74, 6) is 0. The Morgan fingerprint density at radius 3 is 2.27 bits per heavy atom. The molecule has 0 spiro atoms. The van der Waals surface area contributed by atoms with Gasteiger partial charge in [0.05, 0.1) is 11.3 Å². The summed E-state index contributed by atoms with van der Waals surface area (Å²) in [5, 5.41) is 2.54. The highest BCUT2D eigenvalue weighted by Gasteiger charge is 2.25. The van der Waals surface area contributed by atoms with Gasteiger partial charge in [-0.2, -0.15) is 4.58 Å². The summed E-state index contributed by atoms with van der Waals surface area (Å²) >= 11 is 0. The molecule has 0 fully saturated rings. The fourth-order valence-corrected chi connectivity index (χ4v) is 3.62. The summed E-state index contributed by atoms with van der Waals surface area (Å²) in [6.45, 7) is 0.791. The minimum atomic E-state index is 0.791. The van der Waals surface area contributed by atoms with Crippen LogP contribution < -0.4 is 4.90 Å². The first-order chi connectivity index (χ1) is 12.9. The van der Waals surface area contributed by atoms with E-state index >= 15 is 0 Å². The van der Waals surface area contributed by atoms with Crippen molar-refractivity contribution in [1.82, 2.24) is 0 Å². The Kier molecular flexibility index (Phi) is 3.53. The van der Waals surface area contributed by atoms with Gasteiger partial charge in [-0.1, -0.05) is 54.6 Å². The smallest absolute Gasteiger partial charge is 0.228 e. The van der Waals surface area contributed by atoms with Crippen molar-refractivity contribution in [3.63, 3.8) is 0 Å². The number of para-hydroxylation sites is 2. The number of benzene rings is 4. The van der Waals surface area contributed by atoms with Crippen molar-refractivity contribution in [3.05, 3.63) is 103 Å². The van der Waals surface area contributed by atoms with Gasteiger partial charge in [0.2, 0.25) is 12.4 Å². The molecule has 0 amide bonds. The lowest BCUT2D eigenvalue weighted by molar-refractivity contribution is -0.434. The van der Waals surface area contributed by atoms with Crippen molar-refractivity contribution in [2.45, 2.75) is 0 Å². The number of hydrogen-bond acceptors (Lipinski definition) is 1. The standard InChI is InChI=1S/C24H19N2/c1-2-11-22(12-3-1)26-18-25(17-21-10-6-7-13-24(21)26)23-15-14-19-8-4-5-9-20(19)16-23/h1-17H,18H2/q+1. The molecule has 1 aliphatic heterocycles. The summed E-state index contributed by atoms with van der Waals surface area (Å²) in [5.41, 5.74) is 4.89. The first kappa shape index (κ1) is 14.9. The molecule has 124 valence electrons. The molecule has 0 bridgehead atoms. The zero-order valence-corrected chi connectivity index (χ0v) is 14.4. The summed E-state index contributed by atoms with van der Waals surface area (Å²) < 4.78 is 2.32. The van der Waals surface area contributed by atoms with E-state index in [9.17, 15) is 0 Å². The van der Waals surface area contributed by atoms with E-state index in [1.807, 2.05) is 0 Å². The maximum Gasteiger partial charge on any atom is 0.228 e. The van der Waals surface area contributed by atoms with Crippen LogP contribution in [-0.2, 0) is 0 Å². The highest BCUT2D eigenvalue weighted by molar-refractivity contribution is 5.90. The molecule has 2 nitrogen and oxygen atoms in total. The van der Waals surface area contributed by atoms with E-state index in [1.54, 1.807) is 0 Å². The lowest BCUT2D eigenvalue weighted by atomic mass is 10.1. The van der Waals surface area contributed by atoms with Gasteiger partial charge < -0.3 is 0 Å². The van der Waals surface area contributed by atoms with Gasteiger partial charge in [0.25, 0.3) is 0 Å². The van der Waals surface area contributed by atoms with Crippen LogP contribution in [0.3, 0.4) is 0 Å². The maximum atomic E-state index is 2.37. The quantitative estimate of drug-likeness (QED) is 0.425. The average molecular weight is 335 g/mol. The Hall–Kier alpha value is -3.39. The molecule has 1 aliphatic rings. The van der Waals surface area contributed by atoms with E-state index in [-0.39, 0.29) is 0 Å². The molecule has 0 N–H and O–H groups in total.